The molecule has 0 amide bonds. The number of hydrogen-bond donors (Lipinski definition) is 2. The summed E-state index contributed by atoms with van der Waals surface area (Å²) in [7, 11) is -3.55. The van der Waals surface area contributed by atoms with Gasteiger partial charge in [-0.25, -0.2) is 13.1 Å². The lowest BCUT2D eigenvalue weighted by Gasteiger charge is -2.22. The van der Waals surface area contributed by atoms with Crippen LogP contribution < -0.4 is 4.72 Å². The van der Waals surface area contributed by atoms with Crippen LogP contribution in [0.1, 0.15) is 25.8 Å². The van der Waals surface area contributed by atoms with Crippen molar-refractivity contribution in [1.82, 2.24) is 4.72 Å². The van der Waals surface area contributed by atoms with E-state index in [0.29, 0.717) is 0 Å². The Bertz CT molecular complexity index is 468. The summed E-state index contributed by atoms with van der Waals surface area (Å²) in [5.41, 5.74) is 1.01. The monoisotopic (exact) mass is 271 g/mol. The third-order valence-corrected chi connectivity index (χ3v) is 4.67. The fourth-order valence-electron chi connectivity index (χ4n) is 1.60. The van der Waals surface area contributed by atoms with Crippen LogP contribution in [-0.2, 0) is 10.0 Å². The van der Waals surface area contributed by atoms with Crippen molar-refractivity contribution in [2.75, 3.05) is 6.61 Å². The molecule has 0 aliphatic heterocycles. The zero-order valence-electron chi connectivity index (χ0n) is 11.1. The highest BCUT2D eigenvalue weighted by molar-refractivity contribution is 7.89. The Labute approximate surface area is 109 Å². The molecule has 0 bridgehead atoms. The van der Waals surface area contributed by atoms with Gasteiger partial charge in [0, 0.05) is 6.04 Å². The maximum Gasteiger partial charge on any atom is 0.240 e. The number of nitrogens with one attached hydrogen (secondary N) is 1. The summed E-state index contributed by atoms with van der Waals surface area (Å²) in [5, 5.41) is 9.25. The standard InChI is InChI=1S/C13H21NO3S/c1-4-11(3)13(9-15)14-18(16,17)12-7-5-10(2)6-8-12/h5-8,11,13-15H,4,9H2,1-3H3/t11-,13+/m0/s1. The van der Waals surface area contributed by atoms with Crippen LogP contribution in [0.3, 0.4) is 0 Å². The zero-order chi connectivity index (χ0) is 13.8. The molecule has 0 unspecified atom stereocenters. The fraction of sp³-hybridized carbons (Fsp3) is 0.538. The molecule has 5 heteroatoms. The lowest BCUT2D eigenvalue weighted by molar-refractivity contribution is 0.219. The van der Waals surface area contributed by atoms with Gasteiger partial charge in [0.05, 0.1) is 11.5 Å². The first-order chi connectivity index (χ1) is 8.40. The SMILES string of the molecule is CC[C@H](C)[C@@H](CO)NS(=O)(=O)c1ccc(C)cc1. The van der Waals surface area contributed by atoms with Gasteiger partial charge in [0.2, 0.25) is 10.0 Å². The van der Waals surface area contributed by atoms with E-state index >= 15 is 0 Å². The molecule has 18 heavy (non-hydrogen) atoms. The van der Waals surface area contributed by atoms with Crippen LogP contribution in [0.15, 0.2) is 29.2 Å². The molecular formula is C13H21NO3S. The fourth-order valence-corrected chi connectivity index (χ4v) is 2.94. The van der Waals surface area contributed by atoms with Gasteiger partial charge >= 0.3 is 0 Å². The van der Waals surface area contributed by atoms with Crippen LogP contribution in [0.5, 0.6) is 0 Å². The van der Waals surface area contributed by atoms with Crippen molar-refractivity contribution in [3.05, 3.63) is 29.8 Å². The van der Waals surface area contributed by atoms with Crippen LogP contribution >= 0.6 is 0 Å². The molecule has 2 atom stereocenters. The quantitative estimate of drug-likeness (QED) is 0.827. The van der Waals surface area contributed by atoms with Crippen LogP contribution in [0.4, 0.5) is 0 Å². The molecule has 1 aromatic rings. The molecule has 0 saturated carbocycles. The van der Waals surface area contributed by atoms with E-state index in [9.17, 15) is 13.5 Å². The number of benzene rings is 1. The Balaban J connectivity index is 2.90. The van der Waals surface area contributed by atoms with Crippen LogP contribution in [0.2, 0.25) is 0 Å². The zero-order valence-corrected chi connectivity index (χ0v) is 11.9. The number of aliphatic hydroxyl groups is 1. The Morgan fingerprint density at radius 3 is 2.28 bits per heavy atom. The molecule has 1 rings (SSSR count). The van der Waals surface area contributed by atoms with Crippen LogP contribution in [0, 0.1) is 12.8 Å². The van der Waals surface area contributed by atoms with Gasteiger partial charge in [-0.05, 0) is 25.0 Å². The van der Waals surface area contributed by atoms with E-state index < -0.39 is 16.1 Å². The molecule has 0 aromatic heterocycles. The van der Waals surface area contributed by atoms with Gasteiger partial charge in [0.15, 0.2) is 0 Å². The molecule has 0 radical (unpaired) electrons. The number of aliphatic hydroxyl groups excluding tert-OH is 1. The van der Waals surface area contributed by atoms with Crippen molar-refractivity contribution < 1.29 is 13.5 Å². The van der Waals surface area contributed by atoms with Crippen LogP contribution in [0.25, 0.3) is 0 Å². The number of aryl methyl sites for hydroxylation is 1. The maximum atomic E-state index is 12.1. The lowest BCUT2D eigenvalue weighted by atomic mass is 10.0. The molecule has 102 valence electrons. The molecular weight excluding hydrogens is 250 g/mol. The van der Waals surface area contributed by atoms with Crippen LogP contribution in [-0.4, -0.2) is 26.2 Å². The maximum absolute atomic E-state index is 12.1. The molecule has 0 aliphatic carbocycles. The summed E-state index contributed by atoms with van der Waals surface area (Å²) in [5.74, 6) is 0.0928. The summed E-state index contributed by atoms with van der Waals surface area (Å²) in [6.07, 6.45) is 0.807. The molecule has 0 aliphatic rings. The largest absolute Gasteiger partial charge is 0.395 e. The Morgan fingerprint density at radius 1 is 1.28 bits per heavy atom. The summed E-state index contributed by atoms with van der Waals surface area (Å²) in [6.45, 7) is 5.59. The van der Waals surface area contributed by atoms with Crippen molar-refractivity contribution >= 4 is 10.0 Å². The predicted molar refractivity (Wildman–Crippen MR) is 71.8 cm³/mol. The second-order valence-corrected chi connectivity index (χ2v) is 6.32. The van der Waals surface area contributed by atoms with E-state index in [1.807, 2.05) is 20.8 Å². The van der Waals surface area contributed by atoms with E-state index in [0.717, 1.165) is 12.0 Å². The highest BCUT2D eigenvalue weighted by Crippen LogP contribution is 2.14. The first-order valence-electron chi connectivity index (χ1n) is 6.10. The molecule has 4 nitrogen and oxygen atoms in total. The minimum Gasteiger partial charge on any atom is -0.395 e. The lowest BCUT2D eigenvalue weighted by Crippen LogP contribution is -2.41. The molecule has 0 heterocycles. The van der Waals surface area contributed by atoms with Gasteiger partial charge < -0.3 is 5.11 Å². The number of sulfonamides is 1. The highest BCUT2D eigenvalue weighted by atomic mass is 32.2. The van der Waals surface area contributed by atoms with E-state index in [4.69, 9.17) is 0 Å². The average molecular weight is 271 g/mol. The van der Waals surface area contributed by atoms with Crippen molar-refractivity contribution in [1.29, 1.82) is 0 Å². The van der Waals surface area contributed by atoms with Crippen molar-refractivity contribution in [2.45, 2.75) is 38.1 Å². The summed E-state index contributed by atoms with van der Waals surface area (Å²) in [6, 6.07) is 6.21. The Morgan fingerprint density at radius 2 is 1.83 bits per heavy atom. The normalized spacial score (nSPS) is 15.3. The third-order valence-electron chi connectivity index (χ3n) is 3.17. The molecule has 1 aromatic carbocycles. The number of rotatable bonds is 6. The topological polar surface area (TPSA) is 66.4 Å². The first kappa shape index (κ1) is 15.1. The van der Waals surface area contributed by atoms with Crippen molar-refractivity contribution in [2.24, 2.45) is 5.92 Å². The Hall–Kier alpha value is -0.910. The summed E-state index contributed by atoms with van der Waals surface area (Å²) in [4.78, 5) is 0.231. The minimum absolute atomic E-state index is 0.0928. The van der Waals surface area contributed by atoms with Crippen molar-refractivity contribution in [3.8, 4) is 0 Å². The summed E-state index contributed by atoms with van der Waals surface area (Å²) < 4.78 is 26.8. The van der Waals surface area contributed by atoms with Gasteiger partial charge in [-0.2, -0.15) is 0 Å². The van der Waals surface area contributed by atoms with E-state index in [1.54, 1.807) is 24.3 Å². The smallest absolute Gasteiger partial charge is 0.240 e. The average Bonchev–Trinajstić information content (AvgIpc) is 2.35. The first-order valence-corrected chi connectivity index (χ1v) is 7.59. The molecule has 2 N–H and O–H groups in total. The summed E-state index contributed by atoms with van der Waals surface area (Å²) >= 11 is 0. The minimum atomic E-state index is -3.55. The molecule has 0 spiro atoms. The van der Waals surface area contributed by atoms with E-state index in [-0.39, 0.29) is 17.4 Å². The predicted octanol–water partition coefficient (Wildman–Crippen LogP) is 1.68. The molecule has 0 fully saturated rings. The Kier molecular flexibility index (Phi) is 5.31. The van der Waals surface area contributed by atoms with Gasteiger partial charge in [-0.3, -0.25) is 0 Å². The second-order valence-electron chi connectivity index (χ2n) is 4.61. The van der Waals surface area contributed by atoms with E-state index in [1.165, 1.54) is 0 Å². The molecule has 0 saturated heterocycles. The van der Waals surface area contributed by atoms with Gasteiger partial charge in [0.1, 0.15) is 0 Å². The third kappa shape index (κ3) is 3.80. The van der Waals surface area contributed by atoms with Gasteiger partial charge in [0.25, 0.3) is 0 Å². The highest BCUT2D eigenvalue weighted by Gasteiger charge is 2.22. The van der Waals surface area contributed by atoms with Gasteiger partial charge in [-0.15, -0.1) is 0 Å². The second kappa shape index (κ2) is 6.31. The van der Waals surface area contributed by atoms with Crippen molar-refractivity contribution in [3.63, 3.8) is 0 Å². The number of hydrogen-bond acceptors (Lipinski definition) is 3. The van der Waals surface area contributed by atoms with E-state index in [2.05, 4.69) is 4.72 Å². The van der Waals surface area contributed by atoms with Gasteiger partial charge in [-0.1, -0.05) is 38.0 Å².